The lowest BCUT2D eigenvalue weighted by Gasteiger charge is -2.23. The summed E-state index contributed by atoms with van der Waals surface area (Å²) in [7, 11) is 1.63. The summed E-state index contributed by atoms with van der Waals surface area (Å²) < 4.78 is 5.20. The fraction of sp³-hybridized carbons (Fsp3) is 0.900. The zero-order chi connectivity index (χ0) is 10.6. The maximum absolute atomic E-state index is 11.6. The molecule has 0 unspecified atom stereocenters. The van der Waals surface area contributed by atoms with E-state index in [0.717, 1.165) is 19.5 Å². The van der Waals surface area contributed by atoms with E-state index in [2.05, 4.69) is 10.6 Å². The predicted molar refractivity (Wildman–Crippen MR) is 55.1 cm³/mol. The molecular formula is C10H20N2O2. The second-order valence-electron chi connectivity index (χ2n) is 4.40. The highest BCUT2D eigenvalue weighted by Crippen LogP contribution is 2.12. The number of nitrogens with one attached hydrogen (secondary N) is 2. The van der Waals surface area contributed by atoms with Crippen molar-refractivity contribution in [1.82, 2.24) is 10.6 Å². The Bertz CT molecular complexity index is 198. The Morgan fingerprint density at radius 3 is 2.86 bits per heavy atom. The lowest BCUT2D eigenvalue weighted by molar-refractivity contribution is -0.126. The lowest BCUT2D eigenvalue weighted by atomic mass is 10.0. The van der Waals surface area contributed by atoms with Gasteiger partial charge in [-0.05, 0) is 26.8 Å². The van der Waals surface area contributed by atoms with E-state index in [0.29, 0.717) is 12.5 Å². The first kappa shape index (κ1) is 11.5. The van der Waals surface area contributed by atoms with Crippen LogP contribution in [0.2, 0.25) is 0 Å². The maximum atomic E-state index is 11.6. The number of amides is 1. The van der Waals surface area contributed by atoms with Crippen LogP contribution in [0.15, 0.2) is 0 Å². The molecule has 4 nitrogen and oxygen atoms in total. The molecule has 0 aliphatic carbocycles. The number of carbonyl (C=O) groups excluding carboxylic acids is 1. The molecule has 0 radical (unpaired) electrons. The maximum Gasteiger partial charge on any atom is 0.223 e. The van der Waals surface area contributed by atoms with E-state index in [4.69, 9.17) is 4.74 Å². The van der Waals surface area contributed by atoms with Gasteiger partial charge in [-0.2, -0.15) is 0 Å². The third-order valence-electron chi connectivity index (χ3n) is 2.56. The summed E-state index contributed by atoms with van der Waals surface area (Å²) in [5.74, 6) is 0.0746. The van der Waals surface area contributed by atoms with Crippen molar-refractivity contribution in [3.63, 3.8) is 0 Å². The summed E-state index contributed by atoms with van der Waals surface area (Å²) in [5, 5.41) is 6.20. The summed E-state index contributed by atoms with van der Waals surface area (Å²) in [5.41, 5.74) is -0.365. The highest BCUT2D eigenvalue weighted by atomic mass is 16.5. The molecule has 0 spiro atoms. The minimum Gasteiger partial charge on any atom is -0.378 e. The molecule has 1 heterocycles. The van der Waals surface area contributed by atoms with Gasteiger partial charge in [-0.15, -0.1) is 0 Å². The molecule has 1 fully saturated rings. The topological polar surface area (TPSA) is 50.4 Å². The fourth-order valence-corrected chi connectivity index (χ4v) is 1.52. The zero-order valence-corrected chi connectivity index (χ0v) is 9.22. The third-order valence-corrected chi connectivity index (χ3v) is 2.56. The van der Waals surface area contributed by atoms with E-state index in [1.165, 1.54) is 0 Å². The zero-order valence-electron chi connectivity index (χ0n) is 9.22. The first-order valence-corrected chi connectivity index (χ1v) is 5.09. The minimum atomic E-state index is -0.365. The lowest BCUT2D eigenvalue weighted by Crippen LogP contribution is -2.40. The summed E-state index contributed by atoms with van der Waals surface area (Å²) in [4.78, 5) is 11.6. The molecule has 1 amide bonds. The molecule has 1 atom stereocenters. The summed E-state index contributed by atoms with van der Waals surface area (Å²) in [6.45, 7) is 5.72. The molecule has 0 aromatic rings. The number of rotatable bonds is 4. The average Bonchev–Trinajstić information content (AvgIpc) is 2.55. The van der Waals surface area contributed by atoms with Gasteiger partial charge in [0.25, 0.3) is 0 Å². The Balaban J connectivity index is 2.27. The molecule has 2 N–H and O–H groups in total. The molecular weight excluding hydrogens is 180 g/mol. The molecule has 0 aromatic heterocycles. The van der Waals surface area contributed by atoms with E-state index < -0.39 is 0 Å². The Morgan fingerprint density at radius 1 is 1.64 bits per heavy atom. The molecule has 0 aromatic carbocycles. The van der Waals surface area contributed by atoms with Gasteiger partial charge in [0.1, 0.15) is 0 Å². The summed E-state index contributed by atoms with van der Waals surface area (Å²) in [6.07, 6.45) is 1.44. The molecule has 4 heteroatoms. The quantitative estimate of drug-likeness (QED) is 0.685. The molecule has 14 heavy (non-hydrogen) atoms. The minimum absolute atomic E-state index is 0.0746. The first-order chi connectivity index (χ1) is 6.53. The molecule has 0 bridgehead atoms. The van der Waals surface area contributed by atoms with E-state index in [9.17, 15) is 4.79 Å². The van der Waals surface area contributed by atoms with Gasteiger partial charge in [0.05, 0.1) is 12.0 Å². The van der Waals surface area contributed by atoms with Crippen LogP contribution in [0.4, 0.5) is 0 Å². The normalized spacial score (nSPS) is 22.4. The fourth-order valence-electron chi connectivity index (χ4n) is 1.52. The molecule has 1 saturated heterocycles. The smallest absolute Gasteiger partial charge is 0.223 e. The largest absolute Gasteiger partial charge is 0.378 e. The van der Waals surface area contributed by atoms with Crippen molar-refractivity contribution in [2.24, 2.45) is 0 Å². The van der Waals surface area contributed by atoms with Crippen LogP contribution in [0.1, 0.15) is 26.7 Å². The predicted octanol–water partition coefficient (Wildman–Crippen LogP) is 0.280. The van der Waals surface area contributed by atoms with E-state index >= 15 is 0 Å². The van der Waals surface area contributed by atoms with E-state index in [-0.39, 0.29) is 11.5 Å². The van der Waals surface area contributed by atoms with Crippen LogP contribution in [-0.2, 0) is 9.53 Å². The van der Waals surface area contributed by atoms with Crippen molar-refractivity contribution in [2.45, 2.75) is 38.3 Å². The van der Waals surface area contributed by atoms with Gasteiger partial charge in [0.2, 0.25) is 5.91 Å². The second kappa shape index (κ2) is 4.75. The second-order valence-corrected chi connectivity index (χ2v) is 4.40. The number of ether oxygens (including phenoxy) is 1. The Kier molecular flexibility index (Phi) is 3.89. The average molecular weight is 200 g/mol. The van der Waals surface area contributed by atoms with Gasteiger partial charge in [-0.1, -0.05) is 0 Å². The monoisotopic (exact) mass is 200 g/mol. The van der Waals surface area contributed by atoms with Crippen LogP contribution in [0, 0.1) is 0 Å². The van der Waals surface area contributed by atoms with Crippen LogP contribution < -0.4 is 10.6 Å². The van der Waals surface area contributed by atoms with Crippen LogP contribution in [0.25, 0.3) is 0 Å². The number of hydrogen-bond donors (Lipinski definition) is 2. The SMILES string of the molecule is COC(C)(C)CC(=O)N[C@@H]1CCNC1. The van der Waals surface area contributed by atoms with E-state index in [1.54, 1.807) is 7.11 Å². The van der Waals surface area contributed by atoms with Crippen molar-refractivity contribution >= 4 is 5.91 Å². The van der Waals surface area contributed by atoms with E-state index in [1.807, 2.05) is 13.8 Å². The Hall–Kier alpha value is -0.610. The highest BCUT2D eigenvalue weighted by Gasteiger charge is 2.23. The van der Waals surface area contributed by atoms with Crippen molar-refractivity contribution < 1.29 is 9.53 Å². The van der Waals surface area contributed by atoms with Gasteiger partial charge >= 0.3 is 0 Å². The van der Waals surface area contributed by atoms with Crippen molar-refractivity contribution in [3.05, 3.63) is 0 Å². The van der Waals surface area contributed by atoms with Gasteiger partial charge in [0.15, 0.2) is 0 Å². The van der Waals surface area contributed by atoms with Crippen molar-refractivity contribution in [3.8, 4) is 0 Å². The van der Waals surface area contributed by atoms with Crippen LogP contribution in [0.3, 0.4) is 0 Å². The van der Waals surface area contributed by atoms with Crippen LogP contribution in [0.5, 0.6) is 0 Å². The van der Waals surface area contributed by atoms with Gasteiger partial charge < -0.3 is 15.4 Å². The molecule has 82 valence electrons. The summed E-state index contributed by atoms with van der Waals surface area (Å²) >= 11 is 0. The molecule has 1 rings (SSSR count). The van der Waals surface area contributed by atoms with Gasteiger partial charge in [-0.25, -0.2) is 0 Å². The first-order valence-electron chi connectivity index (χ1n) is 5.09. The number of hydrogen-bond acceptors (Lipinski definition) is 3. The standard InChI is InChI=1S/C10H20N2O2/c1-10(2,14-3)6-9(13)12-8-4-5-11-7-8/h8,11H,4-7H2,1-3H3,(H,12,13)/t8-/m1/s1. The van der Waals surface area contributed by atoms with Crippen molar-refractivity contribution in [2.75, 3.05) is 20.2 Å². The number of methoxy groups -OCH3 is 1. The Morgan fingerprint density at radius 2 is 2.36 bits per heavy atom. The Labute approximate surface area is 85.4 Å². The summed E-state index contributed by atoms with van der Waals surface area (Å²) in [6, 6.07) is 0.301. The highest BCUT2D eigenvalue weighted by molar-refractivity contribution is 5.77. The van der Waals surface area contributed by atoms with Gasteiger partial charge in [-0.3, -0.25) is 4.79 Å². The molecule has 0 saturated carbocycles. The van der Waals surface area contributed by atoms with Gasteiger partial charge in [0, 0.05) is 19.7 Å². The molecule has 1 aliphatic rings. The molecule has 1 aliphatic heterocycles. The third kappa shape index (κ3) is 3.64. The van der Waals surface area contributed by atoms with Crippen LogP contribution in [-0.4, -0.2) is 37.7 Å². The van der Waals surface area contributed by atoms with Crippen LogP contribution >= 0.6 is 0 Å². The van der Waals surface area contributed by atoms with Crippen molar-refractivity contribution in [1.29, 1.82) is 0 Å². The number of carbonyl (C=O) groups is 1.